The summed E-state index contributed by atoms with van der Waals surface area (Å²) in [6.45, 7) is 7.01. The Kier molecular flexibility index (Phi) is 9.63. The number of nitrogens with one attached hydrogen (secondary N) is 1. The molecule has 26 heavy (non-hydrogen) atoms. The summed E-state index contributed by atoms with van der Waals surface area (Å²) in [5.41, 5.74) is 1.25. The van der Waals surface area contributed by atoms with Crippen LogP contribution >= 0.6 is 11.8 Å². The normalized spacial score (nSPS) is 14.3. The molecule has 1 rings (SSSR count). The number of Topliss-reactive ketones (excluding diaryl/α,β-unsaturated/α-hetero) is 2. The fraction of sp³-hybridized carbons (Fsp3) is 0.571. The summed E-state index contributed by atoms with van der Waals surface area (Å²) >= 11 is 1.71. The van der Waals surface area contributed by atoms with Crippen molar-refractivity contribution in [2.45, 2.75) is 64.3 Å². The average Bonchev–Trinajstić information content (AvgIpc) is 2.63. The lowest BCUT2D eigenvalue weighted by Crippen LogP contribution is -2.43. The van der Waals surface area contributed by atoms with Crippen LogP contribution in [0.4, 0.5) is 0 Å². The minimum Gasteiger partial charge on any atom is -0.346 e. The van der Waals surface area contributed by atoms with Gasteiger partial charge in [0.1, 0.15) is 5.78 Å². The molecule has 1 N–H and O–H groups in total. The summed E-state index contributed by atoms with van der Waals surface area (Å²) in [6.07, 6.45) is 4.34. The minimum atomic E-state index is -0.509. The van der Waals surface area contributed by atoms with Crippen molar-refractivity contribution in [1.29, 1.82) is 0 Å². The number of amides is 1. The first-order chi connectivity index (χ1) is 12.3. The van der Waals surface area contributed by atoms with E-state index in [0.29, 0.717) is 6.42 Å². The number of benzene rings is 1. The molecule has 144 valence electrons. The maximum atomic E-state index is 12.5. The smallest absolute Gasteiger partial charge is 0.223 e. The van der Waals surface area contributed by atoms with Gasteiger partial charge in [0, 0.05) is 23.2 Å². The third kappa shape index (κ3) is 6.94. The predicted molar refractivity (Wildman–Crippen MR) is 107 cm³/mol. The molecule has 0 saturated heterocycles. The highest BCUT2D eigenvalue weighted by molar-refractivity contribution is 7.98. The van der Waals surface area contributed by atoms with E-state index in [0.717, 1.165) is 12.8 Å². The second kappa shape index (κ2) is 11.2. The van der Waals surface area contributed by atoms with Crippen molar-refractivity contribution in [2.75, 3.05) is 6.26 Å². The monoisotopic (exact) mass is 377 g/mol. The van der Waals surface area contributed by atoms with Gasteiger partial charge in [0.25, 0.3) is 0 Å². The molecular weight excluding hydrogens is 346 g/mol. The fourth-order valence-electron chi connectivity index (χ4n) is 2.72. The Morgan fingerprint density at radius 2 is 1.77 bits per heavy atom. The largest absolute Gasteiger partial charge is 0.346 e. The summed E-state index contributed by atoms with van der Waals surface area (Å²) in [5, 5.41) is 2.87. The molecule has 0 heterocycles. The van der Waals surface area contributed by atoms with Crippen LogP contribution in [-0.2, 0) is 20.8 Å². The van der Waals surface area contributed by atoms with Crippen molar-refractivity contribution in [3.63, 3.8) is 0 Å². The Labute approximate surface area is 161 Å². The van der Waals surface area contributed by atoms with Crippen molar-refractivity contribution >= 4 is 29.2 Å². The third-order valence-corrected chi connectivity index (χ3v) is 5.64. The van der Waals surface area contributed by atoms with Gasteiger partial charge >= 0.3 is 0 Å². The second-order valence-electron chi connectivity index (χ2n) is 6.90. The summed E-state index contributed by atoms with van der Waals surface area (Å²) in [7, 11) is 0. The van der Waals surface area contributed by atoms with Crippen molar-refractivity contribution in [1.82, 2.24) is 5.32 Å². The van der Waals surface area contributed by atoms with E-state index in [1.807, 2.05) is 26.0 Å². The molecule has 1 aromatic rings. The van der Waals surface area contributed by atoms with Gasteiger partial charge in [-0.1, -0.05) is 39.0 Å². The maximum Gasteiger partial charge on any atom is 0.223 e. The Balaban J connectivity index is 2.58. The molecule has 0 aliphatic rings. The first-order valence-electron chi connectivity index (χ1n) is 9.25. The van der Waals surface area contributed by atoms with Crippen LogP contribution in [0.25, 0.3) is 0 Å². The van der Waals surface area contributed by atoms with E-state index in [1.165, 1.54) is 17.4 Å². The van der Waals surface area contributed by atoms with Gasteiger partial charge < -0.3 is 5.32 Å². The summed E-state index contributed by atoms with van der Waals surface area (Å²) in [6, 6.07) is 7.71. The first-order valence-corrected chi connectivity index (χ1v) is 10.5. The molecule has 0 aliphatic heterocycles. The Morgan fingerprint density at radius 1 is 1.12 bits per heavy atom. The highest BCUT2D eigenvalue weighted by Gasteiger charge is 2.24. The van der Waals surface area contributed by atoms with Gasteiger partial charge in [0.15, 0.2) is 5.78 Å². The van der Waals surface area contributed by atoms with Gasteiger partial charge in [-0.15, -0.1) is 11.8 Å². The molecular formula is C21H31NO3S. The van der Waals surface area contributed by atoms with E-state index in [9.17, 15) is 14.4 Å². The van der Waals surface area contributed by atoms with E-state index in [2.05, 4.69) is 23.7 Å². The Hall–Kier alpha value is -1.62. The van der Waals surface area contributed by atoms with Crippen LogP contribution < -0.4 is 5.32 Å². The Bertz CT molecular complexity index is 629. The lowest BCUT2D eigenvalue weighted by atomic mass is 9.95. The number of ketones is 2. The van der Waals surface area contributed by atoms with Gasteiger partial charge in [-0.25, -0.2) is 0 Å². The average molecular weight is 378 g/mol. The topological polar surface area (TPSA) is 63.2 Å². The lowest BCUT2D eigenvalue weighted by molar-refractivity contribution is -0.131. The van der Waals surface area contributed by atoms with Gasteiger partial charge in [-0.05, 0) is 44.1 Å². The van der Waals surface area contributed by atoms with Crippen LogP contribution in [0.2, 0.25) is 0 Å². The van der Waals surface area contributed by atoms with Crippen molar-refractivity contribution < 1.29 is 14.4 Å². The van der Waals surface area contributed by atoms with Crippen LogP contribution in [0.5, 0.6) is 0 Å². The van der Waals surface area contributed by atoms with Crippen molar-refractivity contribution in [3.8, 4) is 0 Å². The zero-order chi connectivity index (χ0) is 19.7. The van der Waals surface area contributed by atoms with E-state index in [4.69, 9.17) is 0 Å². The zero-order valence-electron chi connectivity index (χ0n) is 16.5. The molecule has 5 heteroatoms. The SMILES string of the molecule is CCC(NC(=O)C(C)CCc1ccccc1SC)C(=O)CC(C)C(C)=O. The quantitative estimate of drug-likeness (QED) is 0.591. The highest BCUT2D eigenvalue weighted by Crippen LogP contribution is 2.22. The number of thioether (sulfide) groups is 1. The molecule has 4 nitrogen and oxygen atoms in total. The number of hydrogen-bond donors (Lipinski definition) is 1. The standard InChI is InChI=1S/C21H31NO3S/c1-6-18(19(24)13-15(3)16(4)23)22-21(25)14(2)11-12-17-9-7-8-10-20(17)26-5/h7-10,14-15,18H,6,11-13H2,1-5H3,(H,22,25). The molecule has 3 atom stereocenters. The number of rotatable bonds is 11. The van der Waals surface area contributed by atoms with Crippen molar-refractivity contribution in [3.05, 3.63) is 29.8 Å². The van der Waals surface area contributed by atoms with Crippen molar-refractivity contribution in [2.24, 2.45) is 11.8 Å². The number of aryl methyl sites for hydroxylation is 1. The molecule has 3 unspecified atom stereocenters. The summed E-state index contributed by atoms with van der Waals surface area (Å²) < 4.78 is 0. The summed E-state index contributed by atoms with van der Waals surface area (Å²) in [4.78, 5) is 37.4. The lowest BCUT2D eigenvalue weighted by Gasteiger charge is -2.20. The van der Waals surface area contributed by atoms with Crippen LogP contribution in [-0.4, -0.2) is 29.8 Å². The molecule has 0 spiro atoms. The predicted octanol–water partition coefficient (Wildman–Crippen LogP) is 4.06. The van der Waals surface area contributed by atoms with Crippen LogP contribution in [0.3, 0.4) is 0 Å². The molecule has 0 aromatic heterocycles. The van der Waals surface area contributed by atoms with Gasteiger partial charge in [-0.3, -0.25) is 14.4 Å². The minimum absolute atomic E-state index is 0.000330. The molecule has 0 fully saturated rings. The van der Waals surface area contributed by atoms with E-state index in [1.54, 1.807) is 18.7 Å². The van der Waals surface area contributed by atoms with Crippen LogP contribution in [0, 0.1) is 11.8 Å². The zero-order valence-corrected chi connectivity index (χ0v) is 17.3. The highest BCUT2D eigenvalue weighted by atomic mass is 32.2. The number of carbonyl (C=O) groups excluding carboxylic acids is 3. The van der Waals surface area contributed by atoms with E-state index < -0.39 is 6.04 Å². The molecule has 1 aromatic carbocycles. The molecule has 0 aliphatic carbocycles. The van der Waals surface area contributed by atoms with E-state index >= 15 is 0 Å². The van der Waals surface area contributed by atoms with Crippen LogP contribution in [0.1, 0.15) is 52.5 Å². The molecule has 0 radical (unpaired) electrons. The first kappa shape index (κ1) is 22.4. The Morgan fingerprint density at radius 3 is 2.35 bits per heavy atom. The van der Waals surface area contributed by atoms with Gasteiger partial charge in [0.05, 0.1) is 6.04 Å². The van der Waals surface area contributed by atoms with E-state index in [-0.39, 0.29) is 35.7 Å². The second-order valence-corrected chi connectivity index (χ2v) is 7.75. The molecule has 0 bridgehead atoms. The third-order valence-electron chi connectivity index (χ3n) is 4.80. The number of hydrogen-bond acceptors (Lipinski definition) is 4. The molecule has 0 saturated carbocycles. The number of carbonyl (C=O) groups is 3. The van der Waals surface area contributed by atoms with Crippen LogP contribution in [0.15, 0.2) is 29.2 Å². The maximum absolute atomic E-state index is 12.5. The summed E-state index contributed by atoms with van der Waals surface area (Å²) in [5.74, 6) is -0.628. The van der Waals surface area contributed by atoms with Gasteiger partial charge in [0.2, 0.25) is 5.91 Å². The fourth-order valence-corrected chi connectivity index (χ4v) is 3.37. The molecule has 1 amide bonds. The van der Waals surface area contributed by atoms with Gasteiger partial charge in [-0.2, -0.15) is 0 Å².